The van der Waals surface area contributed by atoms with Gasteiger partial charge < -0.3 is 10.0 Å². The van der Waals surface area contributed by atoms with Crippen LogP contribution in [0.3, 0.4) is 0 Å². The molecule has 0 bridgehead atoms. The predicted molar refractivity (Wildman–Crippen MR) is 58.9 cm³/mol. The predicted octanol–water partition coefficient (Wildman–Crippen LogP) is 1.50. The third-order valence-electron chi connectivity index (χ3n) is 4.06. The molecule has 0 radical (unpaired) electrons. The zero-order valence-corrected chi connectivity index (χ0v) is 9.69. The molecule has 1 saturated carbocycles. The van der Waals surface area contributed by atoms with E-state index in [1.165, 1.54) is 0 Å². The van der Waals surface area contributed by atoms with Gasteiger partial charge in [-0.2, -0.15) is 0 Å². The largest absolute Gasteiger partial charge is 0.481 e. The van der Waals surface area contributed by atoms with E-state index >= 15 is 0 Å². The van der Waals surface area contributed by atoms with Crippen molar-refractivity contribution in [2.24, 2.45) is 11.8 Å². The number of nitrogens with zero attached hydrogens (tertiary/aromatic N) is 1. The molecular weight excluding hydrogens is 206 g/mol. The van der Waals surface area contributed by atoms with Crippen LogP contribution in [0.1, 0.15) is 39.0 Å². The molecule has 0 spiro atoms. The summed E-state index contributed by atoms with van der Waals surface area (Å²) in [5.74, 6) is -0.789. The molecule has 16 heavy (non-hydrogen) atoms. The Kier molecular flexibility index (Phi) is 3.17. The summed E-state index contributed by atoms with van der Waals surface area (Å²) in [6.07, 6.45) is 4.86. The number of carboxylic acid groups (broad SMARTS) is 1. The fraction of sp³-hybridized carbons (Fsp3) is 0.833. The van der Waals surface area contributed by atoms with E-state index in [0.717, 1.165) is 25.7 Å². The Bertz CT molecular complexity index is 297. The second-order valence-electron chi connectivity index (χ2n) is 4.99. The van der Waals surface area contributed by atoms with Gasteiger partial charge in [-0.15, -0.1) is 0 Å². The Hall–Kier alpha value is -1.06. The van der Waals surface area contributed by atoms with E-state index in [9.17, 15) is 9.59 Å². The highest BCUT2D eigenvalue weighted by Gasteiger charge is 2.40. The van der Waals surface area contributed by atoms with Gasteiger partial charge in [0.1, 0.15) is 0 Å². The average molecular weight is 225 g/mol. The van der Waals surface area contributed by atoms with E-state index in [1.54, 1.807) is 4.90 Å². The fourth-order valence-corrected chi connectivity index (χ4v) is 2.99. The molecule has 1 aliphatic carbocycles. The molecule has 4 heteroatoms. The minimum atomic E-state index is -0.769. The maximum atomic E-state index is 12.2. The van der Waals surface area contributed by atoms with Crippen molar-refractivity contribution in [1.82, 2.24) is 4.90 Å². The maximum absolute atomic E-state index is 12.2. The molecule has 2 unspecified atom stereocenters. The standard InChI is InChI=1S/C12H19NO3/c1-8-10(12(15)16)6-7-13(8)11(14)9-4-2-3-5-9/h8-10H,2-7H2,1H3,(H,15,16). The van der Waals surface area contributed by atoms with Gasteiger partial charge in [-0.05, 0) is 26.2 Å². The fourth-order valence-electron chi connectivity index (χ4n) is 2.99. The van der Waals surface area contributed by atoms with Crippen molar-refractivity contribution in [3.8, 4) is 0 Å². The number of likely N-dealkylation sites (tertiary alicyclic amines) is 1. The van der Waals surface area contributed by atoms with Crippen LogP contribution in [-0.2, 0) is 9.59 Å². The Morgan fingerprint density at radius 2 is 1.81 bits per heavy atom. The molecule has 2 atom stereocenters. The molecule has 2 rings (SSSR count). The van der Waals surface area contributed by atoms with Crippen molar-refractivity contribution in [2.45, 2.75) is 45.1 Å². The molecule has 2 aliphatic rings. The summed E-state index contributed by atoms with van der Waals surface area (Å²) in [5, 5.41) is 9.01. The summed E-state index contributed by atoms with van der Waals surface area (Å²) in [5.41, 5.74) is 0. The van der Waals surface area contributed by atoms with Gasteiger partial charge in [0.05, 0.1) is 5.92 Å². The van der Waals surface area contributed by atoms with E-state index < -0.39 is 5.97 Å². The first kappa shape index (κ1) is 11.4. The molecule has 1 saturated heterocycles. The van der Waals surface area contributed by atoms with Crippen LogP contribution in [0.25, 0.3) is 0 Å². The van der Waals surface area contributed by atoms with Gasteiger partial charge in [-0.3, -0.25) is 9.59 Å². The molecule has 90 valence electrons. The topological polar surface area (TPSA) is 57.6 Å². The molecule has 2 fully saturated rings. The smallest absolute Gasteiger partial charge is 0.308 e. The second-order valence-corrected chi connectivity index (χ2v) is 4.99. The van der Waals surface area contributed by atoms with Crippen LogP contribution in [0.4, 0.5) is 0 Å². The number of aliphatic carboxylic acids is 1. The van der Waals surface area contributed by atoms with Gasteiger partial charge in [0.15, 0.2) is 0 Å². The zero-order valence-electron chi connectivity index (χ0n) is 9.69. The Labute approximate surface area is 95.6 Å². The number of hydrogen-bond donors (Lipinski definition) is 1. The number of carbonyl (C=O) groups excluding carboxylic acids is 1. The van der Waals surface area contributed by atoms with Crippen molar-refractivity contribution in [1.29, 1.82) is 0 Å². The van der Waals surface area contributed by atoms with Crippen LogP contribution in [0.5, 0.6) is 0 Å². The van der Waals surface area contributed by atoms with Crippen LogP contribution in [0, 0.1) is 11.8 Å². The lowest BCUT2D eigenvalue weighted by Crippen LogP contribution is -2.40. The SMILES string of the molecule is CC1C(C(=O)O)CCN1C(=O)C1CCCC1. The lowest BCUT2D eigenvalue weighted by atomic mass is 10.0. The molecule has 0 aromatic rings. The third-order valence-corrected chi connectivity index (χ3v) is 4.06. The zero-order chi connectivity index (χ0) is 11.7. The minimum absolute atomic E-state index is 0.134. The van der Waals surface area contributed by atoms with Crippen molar-refractivity contribution >= 4 is 11.9 Å². The molecule has 0 aromatic heterocycles. The molecule has 1 amide bonds. The normalized spacial score (nSPS) is 30.9. The lowest BCUT2D eigenvalue weighted by molar-refractivity contribution is -0.143. The van der Waals surface area contributed by atoms with Crippen molar-refractivity contribution in [2.75, 3.05) is 6.54 Å². The number of hydrogen-bond acceptors (Lipinski definition) is 2. The number of amides is 1. The molecular formula is C12H19NO3. The molecule has 1 N–H and O–H groups in total. The van der Waals surface area contributed by atoms with Gasteiger partial charge >= 0.3 is 5.97 Å². The summed E-state index contributed by atoms with van der Waals surface area (Å²) in [6.45, 7) is 2.48. The first-order chi connectivity index (χ1) is 7.61. The number of rotatable bonds is 2. The van der Waals surface area contributed by atoms with Gasteiger partial charge in [0.2, 0.25) is 5.91 Å². The van der Waals surface area contributed by atoms with Crippen LogP contribution in [-0.4, -0.2) is 34.5 Å². The Morgan fingerprint density at radius 1 is 1.19 bits per heavy atom. The highest BCUT2D eigenvalue weighted by Crippen LogP contribution is 2.31. The molecule has 4 nitrogen and oxygen atoms in total. The van der Waals surface area contributed by atoms with Crippen LogP contribution in [0.15, 0.2) is 0 Å². The summed E-state index contributed by atoms with van der Waals surface area (Å²) >= 11 is 0. The van der Waals surface area contributed by atoms with E-state index in [-0.39, 0.29) is 23.8 Å². The van der Waals surface area contributed by atoms with Crippen LogP contribution >= 0.6 is 0 Å². The average Bonchev–Trinajstić information content (AvgIpc) is 2.84. The third kappa shape index (κ3) is 1.93. The van der Waals surface area contributed by atoms with Gasteiger partial charge in [-0.25, -0.2) is 0 Å². The second kappa shape index (κ2) is 4.44. The Balaban J connectivity index is 2.00. The highest BCUT2D eigenvalue weighted by atomic mass is 16.4. The van der Waals surface area contributed by atoms with Crippen LogP contribution < -0.4 is 0 Å². The van der Waals surface area contributed by atoms with Gasteiger partial charge in [0, 0.05) is 18.5 Å². The number of carboxylic acids is 1. The summed E-state index contributed by atoms with van der Waals surface area (Å²) in [7, 11) is 0. The summed E-state index contributed by atoms with van der Waals surface area (Å²) in [6, 6.07) is -0.134. The first-order valence-corrected chi connectivity index (χ1v) is 6.14. The quantitative estimate of drug-likeness (QED) is 0.774. The molecule has 0 aromatic carbocycles. The van der Waals surface area contributed by atoms with E-state index in [0.29, 0.717) is 13.0 Å². The highest BCUT2D eigenvalue weighted by molar-refractivity contribution is 5.81. The van der Waals surface area contributed by atoms with Gasteiger partial charge in [-0.1, -0.05) is 12.8 Å². The van der Waals surface area contributed by atoms with Crippen molar-refractivity contribution < 1.29 is 14.7 Å². The van der Waals surface area contributed by atoms with E-state index in [4.69, 9.17) is 5.11 Å². The Morgan fingerprint density at radius 3 is 2.31 bits per heavy atom. The van der Waals surface area contributed by atoms with Crippen molar-refractivity contribution in [3.63, 3.8) is 0 Å². The number of carbonyl (C=O) groups is 2. The van der Waals surface area contributed by atoms with E-state index in [2.05, 4.69) is 0 Å². The minimum Gasteiger partial charge on any atom is -0.481 e. The first-order valence-electron chi connectivity index (χ1n) is 6.14. The monoisotopic (exact) mass is 225 g/mol. The van der Waals surface area contributed by atoms with E-state index in [1.807, 2.05) is 6.92 Å². The maximum Gasteiger partial charge on any atom is 0.308 e. The molecule has 1 aliphatic heterocycles. The van der Waals surface area contributed by atoms with Crippen LogP contribution in [0.2, 0.25) is 0 Å². The van der Waals surface area contributed by atoms with Crippen molar-refractivity contribution in [3.05, 3.63) is 0 Å². The lowest BCUT2D eigenvalue weighted by Gasteiger charge is -2.26. The summed E-state index contributed by atoms with van der Waals surface area (Å²) in [4.78, 5) is 24.9. The molecule has 1 heterocycles. The van der Waals surface area contributed by atoms with Gasteiger partial charge in [0.25, 0.3) is 0 Å². The summed E-state index contributed by atoms with van der Waals surface area (Å²) < 4.78 is 0.